The first-order chi connectivity index (χ1) is 19.4. The van der Waals surface area contributed by atoms with Gasteiger partial charge in [0, 0.05) is 5.02 Å². The van der Waals surface area contributed by atoms with Crippen molar-refractivity contribution < 1.29 is 28.2 Å². The third kappa shape index (κ3) is 6.36. The summed E-state index contributed by atoms with van der Waals surface area (Å²) in [5.41, 5.74) is 2.24. The second kappa shape index (κ2) is 11.8. The summed E-state index contributed by atoms with van der Waals surface area (Å²) in [6.45, 7) is 0.497. The molecule has 4 amide bonds. The molecule has 5 rings (SSSR count). The van der Waals surface area contributed by atoms with Crippen LogP contribution in [0, 0.1) is 5.82 Å². The summed E-state index contributed by atoms with van der Waals surface area (Å²) in [5, 5.41) is 2.84. The molecule has 1 N–H and O–H groups in total. The van der Waals surface area contributed by atoms with Crippen molar-refractivity contribution in [3.8, 4) is 11.5 Å². The summed E-state index contributed by atoms with van der Waals surface area (Å²) in [7, 11) is 0. The van der Waals surface area contributed by atoms with Crippen LogP contribution in [0.4, 0.5) is 14.9 Å². The molecule has 0 spiro atoms. The van der Waals surface area contributed by atoms with Crippen LogP contribution in [-0.4, -0.2) is 17.8 Å². The van der Waals surface area contributed by atoms with Crippen molar-refractivity contribution in [2.45, 2.75) is 13.2 Å². The minimum atomic E-state index is -0.844. The normalized spacial score (nSPS) is 14.3. The summed E-state index contributed by atoms with van der Waals surface area (Å²) >= 11 is 5.90. The molecule has 1 aliphatic heterocycles. The van der Waals surface area contributed by atoms with Gasteiger partial charge in [-0.1, -0.05) is 48.0 Å². The van der Waals surface area contributed by atoms with Gasteiger partial charge in [-0.05, 0) is 83.4 Å². The molecule has 4 aromatic rings. The first kappa shape index (κ1) is 26.6. The molecule has 40 heavy (non-hydrogen) atoms. The minimum absolute atomic E-state index is 0.182. The van der Waals surface area contributed by atoms with Gasteiger partial charge in [-0.15, -0.1) is 0 Å². The summed E-state index contributed by atoms with van der Waals surface area (Å²) in [5.74, 6) is -0.823. The maximum Gasteiger partial charge on any atom is 0.335 e. The number of urea groups is 1. The SMILES string of the molecule is O=C1NC(=O)N(c2ccc(OCc3ccc(Cl)cc3)cc2)C(=O)/C1=C/c1ccc(OCc2cccc(F)c2)cc1. The van der Waals surface area contributed by atoms with Crippen LogP contribution in [0.1, 0.15) is 16.7 Å². The van der Waals surface area contributed by atoms with E-state index in [2.05, 4.69) is 5.32 Å². The van der Waals surface area contributed by atoms with E-state index in [1.54, 1.807) is 72.8 Å². The van der Waals surface area contributed by atoms with Crippen LogP contribution in [0.3, 0.4) is 0 Å². The summed E-state index contributed by atoms with van der Waals surface area (Å²) in [6.07, 6.45) is 1.40. The number of hydrogen-bond donors (Lipinski definition) is 1. The molecule has 7 nitrogen and oxygen atoms in total. The van der Waals surface area contributed by atoms with Crippen molar-refractivity contribution in [2.75, 3.05) is 4.90 Å². The van der Waals surface area contributed by atoms with E-state index in [1.807, 2.05) is 12.1 Å². The first-order valence-electron chi connectivity index (χ1n) is 12.2. The number of hydrogen-bond acceptors (Lipinski definition) is 5. The predicted molar refractivity (Wildman–Crippen MR) is 148 cm³/mol. The van der Waals surface area contributed by atoms with E-state index in [0.29, 0.717) is 34.3 Å². The number of amides is 4. The van der Waals surface area contributed by atoms with Crippen molar-refractivity contribution in [3.63, 3.8) is 0 Å². The highest BCUT2D eigenvalue weighted by atomic mass is 35.5. The number of carbonyl (C=O) groups excluding carboxylic acids is 3. The molecule has 9 heteroatoms. The van der Waals surface area contributed by atoms with Crippen molar-refractivity contribution in [1.29, 1.82) is 0 Å². The maximum atomic E-state index is 13.4. The number of nitrogens with zero attached hydrogens (tertiary/aromatic N) is 1. The fraction of sp³-hybridized carbons (Fsp3) is 0.0645. The van der Waals surface area contributed by atoms with E-state index in [9.17, 15) is 18.8 Å². The van der Waals surface area contributed by atoms with Crippen LogP contribution in [0.15, 0.2) is 103 Å². The van der Waals surface area contributed by atoms with Crippen molar-refractivity contribution in [2.24, 2.45) is 0 Å². The van der Waals surface area contributed by atoms with Gasteiger partial charge in [-0.25, -0.2) is 14.1 Å². The number of nitrogens with one attached hydrogen (secondary N) is 1. The lowest BCUT2D eigenvalue weighted by molar-refractivity contribution is -0.122. The number of ether oxygens (including phenoxy) is 2. The largest absolute Gasteiger partial charge is 0.489 e. The standard InChI is InChI=1S/C31H22ClFN2O5/c32-23-8-4-21(5-9-23)18-39-27-14-10-25(11-15-27)35-30(37)28(29(36)34-31(35)38)17-20-6-12-26(13-7-20)40-19-22-2-1-3-24(33)16-22/h1-17H,18-19H2,(H,34,36,38)/b28-17+. The Morgan fingerprint density at radius 1 is 0.775 bits per heavy atom. The quantitative estimate of drug-likeness (QED) is 0.203. The van der Waals surface area contributed by atoms with Crippen LogP contribution in [-0.2, 0) is 22.8 Å². The molecule has 200 valence electrons. The third-order valence-electron chi connectivity index (χ3n) is 6.00. The number of rotatable bonds is 8. The monoisotopic (exact) mass is 556 g/mol. The second-order valence-corrected chi connectivity index (χ2v) is 9.29. The predicted octanol–water partition coefficient (Wildman–Crippen LogP) is 6.30. The zero-order valence-corrected chi connectivity index (χ0v) is 21.7. The first-order valence-corrected chi connectivity index (χ1v) is 12.6. The van der Waals surface area contributed by atoms with E-state index in [4.69, 9.17) is 21.1 Å². The topological polar surface area (TPSA) is 84.9 Å². The van der Waals surface area contributed by atoms with Crippen molar-refractivity contribution in [1.82, 2.24) is 5.32 Å². The van der Waals surface area contributed by atoms with Gasteiger partial charge in [0.2, 0.25) is 0 Å². The highest BCUT2D eigenvalue weighted by Crippen LogP contribution is 2.25. The molecule has 1 fully saturated rings. The van der Waals surface area contributed by atoms with Gasteiger partial charge in [0.1, 0.15) is 36.1 Å². The number of carbonyl (C=O) groups is 3. The Labute approximate surface area is 234 Å². The Hall–Kier alpha value is -4.95. The van der Waals surface area contributed by atoms with Crippen molar-refractivity contribution >= 4 is 41.2 Å². The Morgan fingerprint density at radius 3 is 2.05 bits per heavy atom. The second-order valence-electron chi connectivity index (χ2n) is 8.85. The molecule has 0 atom stereocenters. The van der Waals surface area contributed by atoms with E-state index in [-0.39, 0.29) is 23.7 Å². The van der Waals surface area contributed by atoms with Gasteiger partial charge >= 0.3 is 6.03 Å². The highest BCUT2D eigenvalue weighted by Gasteiger charge is 2.36. The zero-order valence-electron chi connectivity index (χ0n) is 21.0. The fourth-order valence-corrected chi connectivity index (χ4v) is 4.08. The van der Waals surface area contributed by atoms with Crippen LogP contribution in [0.25, 0.3) is 6.08 Å². The Balaban J connectivity index is 1.26. The molecule has 0 bridgehead atoms. The molecular weight excluding hydrogens is 535 g/mol. The number of anilines is 1. The van der Waals surface area contributed by atoms with Crippen LogP contribution >= 0.6 is 11.6 Å². The van der Waals surface area contributed by atoms with Crippen molar-refractivity contribution in [3.05, 3.63) is 130 Å². The molecule has 0 aromatic heterocycles. The number of barbiturate groups is 1. The fourth-order valence-electron chi connectivity index (χ4n) is 3.95. The van der Waals surface area contributed by atoms with Gasteiger partial charge < -0.3 is 9.47 Å². The van der Waals surface area contributed by atoms with Crippen LogP contribution < -0.4 is 19.7 Å². The van der Waals surface area contributed by atoms with E-state index in [1.165, 1.54) is 18.2 Å². The molecule has 0 aliphatic carbocycles. The molecule has 1 aliphatic rings. The van der Waals surface area contributed by atoms with Gasteiger partial charge in [-0.2, -0.15) is 0 Å². The average molecular weight is 557 g/mol. The lowest BCUT2D eigenvalue weighted by Crippen LogP contribution is -2.54. The zero-order chi connectivity index (χ0) is 28.1. The maximum absolute atomic E-state index is 13.4. The lowest BCUT2D eigenvalue weighted by Gasteiger charge is -2.26. The molecule has 0 unspecified atom stereocenters. The van der Waals surface area contributed by atoms with Gasteiger partial charge in [0.15, 0.2) is 0 Å². The van der Waals surface area contributed by atoms with Crippen LogP contribution in [0.5, 0.6) is 11.5 Å². The third-order valence-corrected chi connectivity index (χ3v) is 6.25. The molecule has 0 saturated carbocycles. The Morgan fingerprint density at radius 2 is 1.40 bits per heavy atom. The molecule has 0 radical (unpaired) electrons. The summed E-state index contributed by atoms with van der Waals surface area (Å²) in [6, 6.07) is 25.6. The summed E-state index contributed by atoms with van der Waals surface area (Å²) < 4.78 is 24.8. The van der Waals surface area contributed by atoms with Crippen LogP contribution in [0.2, 0.25) is 5.02 Å². The Bertz CT molecular complexity index is 1590. The van der Waals surface area contributed by atoms with Gasteiger partial charge in [0.05, 0.1) is 5.69 Å². The number of benzene rings is 4. The lowest BCUT2D eigenvalue weighted by atomic mass is 10.1. The number of imide groups is 2. The molecule has 1 heterocycles. The van der Waals surface area contributed by atoms with E-state index >= 15 is 0 Å². The van der Waals surface area contributed by atoms with E-state index in [0.717, 1.165) is 10.5 Å². The molecule has 4 aromatic carbocycles. The van der Waals surface area contributed by atoms with Gasteiger partial charge in [0.25, 0.3) is 11.8 Å². The average Bonchev–Trinajstić information content (AvgIpc) is 2.95. The number of halogens is 2. The van der Waals surface area contributed by atoms with Gasteiger partial charge in [-0.3, -0.25) is 14.9 Å². The minimum Gasteiger partial charge on any atom is -0.489 e. The van der Waals surface area contributed by atoms with E-state index < -0.39 is 17.8 Å². The molecular formula is C31H22ClFN2O5. The highest BCUT2D eigenvalue weighted by molar-refractivity contribution is 6.39. The Kier molecular flexibility index (Phi) is 7.89. The molecule has 1 saturated heterocycles. The summed E-state index contributed by atoms with van der Waals surface area (Å²) in [4.78, 5) is 39.2. The smallest absolute Gasteiger partial charge is 0.335 e.